The van der Waals surface area contributed by atoms with Crippen molar-refractivity contribution < 1.29 is 14.2 Å². The van der Waals surface area contributed by atoms with E-state index in [9.17, 15) is 14.3 Å². The molecule has 1 fully saturated rings. The van der Waals surface area contributed by atoms with E-state index in [0.29, 0.717) is 35.4 Å². The summed E-state index contributed by atoms with van der Waals surface area (Å²) < 4.78 is 22.1. The zero-order chi connectivity index (χ0) is 22.7. The fourth-order valence-electron chi connectivity index (χ4n) is 3.94. The van der Waals surface area contributed by atoms with Crippen molar-refractivity contribution in [3.05, 3.63) is 51.6 Å². The Morgan fingerprint density at radius 2 is 2.03 bits per heavy atom. The van der Waals surface area contributed by atoms with Gasteiger partial charge in [0.2, 0.25) is 0 Å². The van der Waals surface area contributed by atoms with Crippen LogP contribution in [-0.2, 0) is 6.42 Å². The van der Waals surface area contributed by atoms with Crippen LogP contribution in [0.3, 0.4) is 0 Å². The molecular formula is C24H30FN3O3S. The number of nitrogens with zero attached hydrogens (tertiary/aromatic N) is 3. The molecule has 0 aliphatic carbocycles. The molecule has 6 nitrogen and oxygen atoms in total. The van der Waals surface area contributed by atoms with Gasteiger partial charge in [-0.05, 0) is 62.9 Å². The van der Waals surface area contributed by atoms with E-state index in [0.717, 1.165) is 24.5 Å². The van der Waals surface area contributed by atoms with Crippen molar-refractivity contribution >= 4 is 21.6 Å². The van der Waals surface area contributed by atoms with Gasteiger partial charge in [-0.1, -0.05) is 13.8 Å². The van der Waals surface area contributed by atoms with Gasteiger partial charge in [0.25, 0.3) is 5.56 Å². The first-order valence-corrected chi connectivity index (χ1v) is 12.1. The monoisotopic (exact) mass is 459 g/mol. The third-order valence-corrected chi connectivity index (χ3v) is 7.17. The molecule has 0 saturated carbocycles. The zero-order valence-corrected chi connectivity index (χ0v) is 19.4. The lowest BCUT2D eigenvalue weighted by molar-refractivity contribution is 0.117. The van der Waals surface area contributed by atoms with Gasteiger partial charge in [0.05, 0.1) is 17.3 Å². The molecule has 172 valence electrons. The Labute approximate surface area is 191 Å². The molecule has 2 aromatic heterocycles. The van der Waals surface area contributed by atoms with Gasteiger partial charge in [-0.25, -0.2) is 9.37 Å². The Kier molecular flexibility index (Phi) is 7.23. The Morgan fingerprint density at radius 3 is 2.75 bits per heavy atom. The van der Waals surface area contributed by atoms with Crippen LogP contribution < -0.4 is 10.3 Å². The highest BCUT2D eigenvalue weighted by Gasteiger charge is 2.15. The fourth-order valence-corrected chi connectivity index (χ4v) is 4.99. The lowest BCUT2D eigenvalue weighted by Crippen LogP contribution is -2.25. The number of likely N-dealkylation sites (tertiary alicyclic amines) is 1. The maximum atomic E-state index is 14.6. The van der Waals surface area contributed by atoms with Crippen LogP contribution >= 0.6 is 11.3 Å². The molecule has 3 aromatic rings. The van der Waals surface area contributed by atoms with Gasteiger partial charge >= 0.3 is 0 Å². The average Bonchev–Trinajstić information content (AvgIpc) is 3.43. The van der Waals surface area contributed by atoms with Crippen molar-refractivity contribution in [1.29, 1.82) is 0 Å². The van der Waals surface area contributed by atoms with Gasteiger partial charge in [0.15, 0.2) is 11.6 Å². The molecule has 4 rings (SSSR count). The van der Waals surface area contributed by atoms with E-state index in [1.807, 2.05) is 19.9 Å². The number of benzene rings is 1. The molecule has 0 radical (unpaired) electrons. The van der Waals surface area contributed by atoms with E-state index in [-0.39, 0.29) is 23.3 Å². The Hall–Kier alpha value is -2.29. The molecule has 1 unspecified atom stereocenters. The summed E-state index contributed by atoms with van der Waals surface area (Å²) in [5.41, 5.74) is 0.823. The summed E-state index contributed by atoms with van der Waals surface area (Å²) in [6.45, 7) is 7.35. The van der Waals surface area contributed by atoms with E-state index in [1.165, 1.54) is 41.1 Å². The molecular weight excluding hydrogens is 429 g/mol. The first-order chi connectivity index (χ1) is 15.4. The van der Waals surface area contributed by atoms with Crippen LogP contribution in [0, 0.1) is 11.7 Å². The normalized spacial score (nSPS) is 15.7. The maximum Gasteiger partial charge on any atom is 0.275 e. The molecule has 1 aromatic carbocycles. The third-order valence-electron chi connectivity index (χ3n) is 6.00. The fraction of sp³-hybridized carbons (Fsp3) is 0.500. The number of fused-ring (bicyclic) bond motifs is 1. The first kappa shape index (κ1) is 22.9. The van der Waals surface area contributed by atoms with Crippen LogP contribution in [-0.4, -0.2) is 51.9 Å². The van der Waals surface area contributed by atoms with Gasteiger partial charge < -0.3 is 9.84 Å². The zero-order valence-electron chi connectivity index (χ0n) is 18.6. The van der Waals surface area contributed by atoms with Gasteiger partial charge in [0, 0.05) is 17.5 Å². The molecule has 1 atom stereocenters. The van der Waals surface area contributed by atoms with Crippen molar-refractivity contribution in [3.63, 3.8) is 0 Å². The van der Waals surface area contributed by atoms with Gasteiger partial charge in [-0.3, -0.25) is 14.3 Å². The standard InChI is InChI=1S/C24H30FN3O3S/c1-16(2)21(29)7-6-18-14-20-23(32-18)24(30)28(15-26-20)17-5-8-22(19(25)13-17)31-12-11-27-9-3-4-10-27/h5,8,13-16,21,29H,3-4,6-7,9-12H2,1-2H3. The van der Waals surface area contributed by atoms with E-state index >= 15 is 0 Å². The topological polar surface area (TPSA) is 67.6 Å². The number of ether oxygens (including phenoxy) is 1. The summed E-state index contributed by atoms with van der Waals surface area (Å²) in [6.07, 6.45) is 4.82. The highest BCUT2D eigenvalue weighted by molar-refractivity contribution is 7.18. The number of hydrogen-bond acceptors (Lipinski definition) is 6. The van der Waals surface area contributed by atoms with Gasteiger partial charge in [-0.2, -0.15) is 0 Å². The second-order valence-corrected chi connectivity index (χ2v) is 9.85. The van der Waals surface area contributed by atoms with Crippen LogP contribution in [0.25, 0.3) is 15.9 Å². The second-order valence-electron chi connectivity index (χ2n) is 8.71. The van der Waals surface area contributed by atoms with Crippen molar-refractivity contribution in [2.75, 3.05) is 26.2 Å². The van der Waals surface area contributed by atoms with Crippen LogP contribution in [0.5, 0.6) is 5.75 Å². The number of aromatic nitrogens is 2. The van der Waals surface area contributed by atoms with Crippen molar-refractivity contribution in [1.82, 2.24) is 14.5 Å². The SMILES string of the molecule is CC(C)C(O)CCc1cc2ncn(-c3ccc(OCCN4CCCC4)c(F)c3)c(=O)c2s1. The van der Waals surface area contributed by atoms with Gasteiger partial charge in [0.1, 0.15) is 17.6 Å². The lowest BCUT2D eigenvalue weighted by atomic mass is 10.0. The quantitative estimate of drug-likeness (QED) is 0.524. The van der Waals surface area contributed by atoms with Crippen LogP contribution in [0.15, 0.2) is 35.4 Å². The molecule has 32 heavy (non-hydrogen) atoms. The van der Waals surface area contributed by atoms with E-state index in [1.54, 1.807) is 12.1 Å². The van der Waals surface area contributed by atoms with E-state index in [4.69, 9.17) is 4.74 Å². The maximum absolute atomic E-state index is 14.6. The summed E-state index contributed by atoms with van der Waals surface area (Å²) in [5.74, 6) is -0.107. The third kappa shape index (κ3) is 5.19. The minimum atomic E-state index is -0.495. The van der Waals surface area contributed by atoms with Crippen LogP contribution in [0.2, 0.25) is 0 Å². The largest absolute Gasteiger partial charge is 0.489 e. The van der Waals surface area contributed by atoms with Crippen molar-refractivity contribution in [2.24, 2.45) is 5.92 Å². The molecule has 1 N–H and O–H groups in total. The number of hydrogen-bond donors (Lipinski definition) is 1. The number of thiophene rings is 1. The summed E-state index contributed by atoms with van der Waals surface area (Å²) in [6, 6.07) is 6.46. The van der Waals surface area contributed by atoms with E-state index < -0.39 is 5.82 Å². The molecule has 1 saturated heterocycles. The number of aliphatic hydroxyl groups is 1. The van der Waals surface area contributed by atoms with Crippen LogP contribution in [0.1, 0.15) is 38.0 Å². The molecule has 1 aliphatic rings. The van der Waals surface area contributed by atoms with E-state index in [2.05, 4.69) is 9.88 Å². The first-order valence-electron chi connectivity index (χ1n) is 11.3. The average molecular weight is 460 g/mol. The number of rotatable bonds is 9. The summed E-state index contributed by atoms with van der Waals surface area (Å²) in [5, 5.41) is 10.0. The molecule has 0 bridgehead atoms. The lowest BCUT2D eigenvalue weighted by Gasteiger charge is -2.15. The molecule has 0 spiro atoms. The smallest absolute Gasteiger partial charge is 0.275 e. The predicted octanol–water partition coefficient (Wildman–Crippen LogP) is 4.01. The molecule has 1 aliphatic heterocycles. The van der Waals surface area contributed by atoms with Gasteiger partial charge in [-0.15, -0.1) is 11.3 Å². The predicted molar refractivity (Wildman–Crippen MR) is 126 cm³/mol. The van der Waals surface area contributed by atoms with Crippen LogP contribution in [0.4, 0.5) is 4.39 Å². The Morgan fingerprint density at radius 1 is 1.25 bits per heavy atom. The summed E-state index contributed by atoms with van der Waals surface area (Å²) >= 11 is 1.39. The van der Waals surface area contributed by atoms with Crippen molar-refractivity contribution in [3.8, 4) is 11.4 Å². The summed E-state index contributed by atoms with van der Waals surface area (Å²) in [4.78, 5) is 20.7. The van der Waals surface area contributed by atoms with Crippen molar-refractivity contribution in [2.45, 2.75) is 45.6 Å². The highest BCUT2D eigenvalue weighted by Crippen LogP contribution is 2.25. The second kappa shape index (κ2) is 10.1. The minimum absolute atomic E-state index is 0.192. The minimum Gasteiger partial charge on any atom is -0.489 e. The Bertz CT molecular complexity index is 1120. The number of halogens is 1. The molecule has 3 heterocycles. The highest BCUT2D eigenvalue weighted by atomic mass is 32.1. The molecule has 0 amide bonds. The summed E-state index contributed by atoms with van der Waals surface area (Å²) in [7, 11) is 0. The number of aliphatic hydroxyl groups excluding tert-OH is 1. The molecule has 8 heteroatoms. The number of aryl methyl sites for hydroxylation is 1. The Balaban J connectivity index is 1.48.